The zero-order valence-corrected chi connectivity index (χ0v) is 13.2. The maximum Gasteiger partial charge on any atom is 0.222 e. The summed E-state index contributed by atoms with van der Waals surface area (Å²) in [5, 5.41) is 7.11. The number of nitrogens with one attached hydrogen (secondary N) is 1. The largest absolute Gasteiger partial charge is 0.351 e. The third kappa shape index (κ3) is 5.71. The number of hydrogen-bond acceptors (Lipinski definition) is 4. The zero-order valence-electron chi connectivity index (χ0n) is 13.2. The van der Waals surface area contributed by atoms with Crippen molar-refractivity contribution < 1.29 is 4.79 Å². The molecule has 6 heteroatoms. The lowest BCUT2D eigenvalue weighted by Crippen LogP contribution is -2.46. The molecule has 0 saturated carbocycles. The van der Waals surface area contributed by atoms with Crippen molar-refractivity contribution in [2.75, 3.05) is 13.6 Å². The molecule has 0 aliphatic rings. The molecular formula is C14H27N5O. The lowest BCUT2D eigenvalue weighted by molar-refractivity contribution is -0.123. The molecule has 1 unspecified atom stereocenters. The van der Waals surface area contributed by atoms with Gasteiger partial charge in [0.25, 0.3) is 0 Å². The third-order valence-corrected chi connectivity index (χ3v) is 3.02. The second kappa shape index (κ2) is 6.85. The highest BCUT2D eigenvalue weighted by Crippen LogP contribution is 2.09. The van der Waals surface area contributed by atoms with Gasteiger partial charge in [0.15, 0.2) is 0 Å². The van der Waals surface area contributed by atoms with E-state index in [1.54, 1.807) is 4.68 Å². The number of amides is 1. The third-order valence-electron chi connectivity index (χ3n) is 3.02. The van der Waals surface area contributed by atoms with Crippen molar-refractivity contribution in [3.8, 4) is 0 Å². The average molecular weight is 281 g/mol. The van der Waals surface area contributed by atoms with Crippen LogP contribution in [0.3, 0.4) is 0 Å². The normalized spacial score (nSPS) is 13.6. The van der Waals surface area contributed by atoms with E-state index in [9.17, 15) is 4.79 Å². The molecule has 0 fully saturated rings. The molecule has 1 aromatic rings. The first kappa shape index (κ1) is 16.7. The Morgan fingerprint density at radius 1 is 1.55 bits per heavy atom. The fraction of sp³-hybridized carbons (Fsp3) is 0.714. The molecule has 1 atom stereocenters. The maximum absolute atomic E-state index is 12.0. The van der Waals surface area contributed by atoms with E-state index >= 15 is 0 Å². The fourth-order valence-electron chi connectivity index (χ4n) is 2.07. The second-order valence-corrected chi connectivity index (χ2v) is 6.33. The lowest BCUT2D eigenvalue weighted by atomic mass is 10.1. The van der Waals surface area contributed by atoms with Gasteiger partial charge in [0, 0.05) is 49.9 Å². The van der Waals surface area contributed by atoms with E-state index < -0.39 is 0 Å². The molecular weight excluding hydrogens is 254 g/mol. The number of nitrogens with zero attached hydrogens (tertiary/aromatic N) is 3. The molecule has 0 radical (unpaired) electrons. The highest BCUT2D eigenvalue weighted by molar-refractivity contribution is 5.77. The average Bonchev–Trinajstić information content (AvgIpc) is 2.69. The standard InChI is InChI=1S/C14H27N5O/c1-14(2,3)17-13(20)6-12(7-15)18(4)9-11-8-16-19(5)10-11/h8,10,12H,6-7,9,15H2,1-5H3,(H,17,20). The van der Waals surface area contributed by atoms with Gasteiger partial charge in [-0.3, -0.25) is 14.4 Å². The highest BCUT2D eigenvalue weighted by atomic mass is 16.1. The van der Waals surface area contributed by atoms with E-state index in [2.05, 4.69) is 15.3 Å². The summed E-state index contributed by atoms with van der Waals surface area (Å²) in [6, 6.07) is 0.0255. The molecule has 20 heavy (non-hydrogen) atoms. The number of likely N-dealkylation sites (N-methyl/N-ethyl adjacent to an activating group) is 1. The van der Waals surface area contributed by atoms with E-state index in [-0.39, 0.29) is 17.5 Å². The van der Waals surface area contributed by atoms with Gasteiger partial charge < -0.3 is 11.1 Å². The van der Waals surface area contributed by atoms with Crippen molar-refractivity contribution in [1.29, 1.82) is 0 Å². The molecule has 3 N–H and O–H groups in total. The Balaban J connectivity index is 2.54. The Labute approximate surface area is 121 Å². The first-order valence-electron chi connectivity index (χ1n) is 6.90. The number of aromatic nitrogens is 2. The number of nitrogens with two attached hydrogens (primary N) is 1. The molecule has 0 aromatic carbocycles. The van der Waals surface area contributed by atoms with Crippen LogP contribution in [0.15, 0.2) is 12.4 Å². The van der Waals surface area contributed by atoms with Gasteiger partial charge >= 0.3 is 0 Å². The minimum absolute atomic E-state index is 0.0255. The van der Waals surface area contributed by atoms with Crippen LogP contribution in [-0.4, -0.2) is 45.8 Å². The zero-order chi connectivity index (χ0) is 15.3. The minimum Gasteiger partial charge on any atom is -0.351 e. The monoisotopic (exact) mass is 281 g/mol. The SMILES string of the molecule is CN(Cc1cnn(C)c1)C(CN)CC(=O)NC(C)(C)C. The van der Waals surface area contributed by atoms with Crippen LogP contribution in [0.4, 0.5) is 0 Å². The Morgan fingerprint density at radius 3 is 2.65 bits per heavy atom. The summed E-state index contributed by atoms with van der Waals surface area (Å²) < 4.78 is 1.77. The predicted molar refractivity (Wildman–Crippen MR) is 80.0 cm³/mol. The Morgan fingerprint density at radius 2 is 2.20 bits per heavy atom. The maximum atomic E-state index is 12.0. The summed E-state index contributed by atoms with van der Waals surface area (Å²) in [5.41, 5.74) is 6.71. The molecule has 0 bridgehead atoms. The number of hydrogen-bond donors (Lipinski definition) is 2. The number of rotatable bonds is 6. The van der Waals surface area contributed by atoms with Crippen molar-refractivity contribution in [2.24, 2.45) is 12.8 Å². The molecule has 1 heterocycles. The van der Waals surface area contributed by atoms with Crippen LogP contribution in [0.2, 0.25) is 0 Å². The minimum atomic E-state index is -0.210. The molecule has 1 rings (SSSR count). The summed E-state index contributed by atoms with van der Waals surface area (Å²) >= 11 is 0. The molecule has 1 aromatic heterocycles. The van der Waals surface area contributed by atoms with Crippen LogP contribution in [-0.2, 0) is 18.4 Å². The van der Waals surface area contributed by atoms with E-state index in [0.29, 0.717) is 13.0 Å². The van der Waals surface area contributed by atoms with E-state index in [1.807, 2.05) is 47.3 Å². The second-order valence-electron chi connectivity index (χ2n) is 6.33. The first-order valence-corrected chi connectivity index (χ1v) is 6.90. The van der Waals surface area contributed by atoms with Gasteiger partial charge in [-0.2, -0.15) is 5.10 Å². The van der Waals surface area contributed by atoms with E-state index in [4.69, 9.17) is 5.73 Å². The fourth-order valence-corrected chi connectivity index (χ4v) is 2.07. The van der Waals surface area contributed by atoms with Crippen LogP contribution >= 0.6 is 0 Å². The van der Waals surface area contributed by atoms with E-state index in [0.717, 1.165) is 12.1 Å². The van der Waals surface area contributed by atoms with Crippen molar-refractivity contribution in [1.82, 2.24) is 20.0 Å². The van der Waals surface area contributed by atoms with Gasteiger partial charge in [0.05, 0.1) is 6.20 Å². The number of carbonyl (C=O) groups excluding carboxylic acids is 1. The van der Waals surface area contributed by atoms with Crippen LogP contribution in [0, 0.1) is 0 Å². The first-order chi connectivity index (χ1) is 9.21. The van der Waals surface area contributed by atoms with Crippen molar-refractivity contribution in [2.45, 2.75) is 45.3 Å². The van der Waals surface area contributed by atoms with Crippen LogP contribution in [0.1, 0.15) is 32.8 Å². The number of carbonyl (C=O) groups is 1. The molecule has 0 aliphatic heterocycles. The topological polar surface area (TPSA) is 76.2 Å². The van der Waals surface area contributed by atoms with Crippen molar-refractivity contribution >= 4 is 5.91 Å². The van der Waals surface area contributed by atoms with E-state index in [1.165, 1.54) is 0 Å². The van der Waals surface area contributed by atoms with Gasteiger partial charge in [-0.15, -0.1) is 0 Å². The van der Waals surface area contributed by atoms with Crippen LogP contribution in [0.25, 0.3) is 0 Å². The van der Waals surface area contributed by atoms with Crippen LogP contribution in [0.5, 0.6) is 0 Å². The van der Waals surface area contributed by atoms with Gasteiger partial charge in [-0.25, -0.2) is 0 Å². The predicted octanol–water partition coefficient (Wildman–Crippen LogP) is 0.484. The van der Waals surface area contributed by atoms with Gasteiger partial charge in [-0.05, 0) is 27.8 Å². The van der Waals surface area contributed by atoms with Gasteiger partial charge in [0.2, 0.25) is 5.91 Å². The Bertz CT molecular complexity index is 435. The smallest absolute Gasteiger partial charge is 0.222 e. The van der Waals surface area contributed by atoms with Crippen molar-refractivity contribution in [3.63, 3.8) is 0 Å². The van der Waals surface area contributed by atoms with Gasteiger partial charge in [0.1, 0.15) is 0 Å². The summed E-state index contributed by atoms with van der Waals surface area (Å²) in [4.78, 5) is 14.1. The summed E-state index contributed by atoms with van der Waals surface area (Å²) in [6.07, 6.45) is 4.21. The highest BCUT2D eigenvalue weighted by Gasteiger charge is 2.20. The number of aryl methyl sites for hydroxylation is 1. The van der Waals surface area contributed by atoms with Crippen molar-refractivity contribution in [3.05, 3.63) is 18.0 Å². The molecule has 0 aliphatic carbocycles. The van der Waals surface area contributed by atoms with Crippen LogP contribution < -0.4 is 11.1 Å². The molecule has 1 amide bonds. The van der Waals surface area contributed by atoms with Gasteiger partial charge in [-0.1, -0.05) is 0 Å². The quantitative estimate of drug-likeness (QED) is 0.795. The Kier molecular flexibility index (Phi) is 5.71. The Hall–Kier alpha value is -1.40. The molecule has 0 spiro atoms. The summed E-state index contributed by atoms with van der Waals surface area (Å²) in [5.74, 6) is 0.0333. The molecule has 114 valence electrons. The summed E-state index contributed by atoms with van der Waals surface area (Å²) in [6.45, 7) is 7.11. The summed E-state index contributed by atoms with van der Waals surface area (Å²) in [7, 11) is 3.87. The molecule has 0 saturated heterocycles. The molecule has 6 nitrogen and oxygen atoms in total. The lowest BCUT2D eigenvalue weighted by Gasteiger charge is -2.28.